The summed E-state index contributed by atoms with van der Waals surface area (Å²) in [7, 11) is -3.64. The Morgan fingerprint density at radius 1 is 1.25 bits per heavy atom. The van der Waals surface area contributed by atoms with Gasteiger partial charge in [0.05, 0.1) is 11.4 Å². The SMILES string of the molecule is CC(=O)c1cccc(S(=O)(=O)N2CCC(Oc3ccccn3)C2)c1. The van der Waals surface area contributed by atoms with E-state index in [1.807, 2.05) is 6.07 Å². The zero-order chi connectivity index (χ0) is 17.2. The van der Waals surface area contributed by atoms with Gasteiger partial charge < -0.3 is 4.74 Å². The Hall–Kier alpha value is -2.25. The number of hydrogen-bond acceptors (Lipinski definition) is 5. The summed E-state index contributed by atoms with van der Waals surface area (Å²) in [6.07, 6.45) is 2.00. The minimum Gasteiger partial charge on any atom is -0.473 e. The molecule has 0 radical (unpaired) electrons. The van der Waals surface area contributed by atoms with Gasteiger partial charge >= 0.3 is 0 Å². The van der Waals surface area contributed by atoms with Gasteiger partial charge in [-0.1, -0.05) is 18.2 Å². The van der Waals surface area contributed by atoms with Crippen molar-refractivity contribution in [1.29, 1.82) is 0 Å². The maximum Gasteiger partial charge on any atom is 0.243 e. The topological polar surface area (TPSA) is 76.6 Å². The zero-order valence-electron chi connectivity index (χ0n) is 13.3. The van der Waals surface area contributed by atoms with Crippen LogP contribution in [0.25, 0.3) is 0 Å². The Balaban J connectivity index is 1.74. The lowest BCUT2D eigenvalue weighted by molar-refractivity contribution is 0.101. The molecule has 1 fully saturated rings. The van der Waals surface area contributed by atoms with E-state index < -0.39 is 10.0 Å². The van der Waals surface area contributed by atoms with Crippen LogP contribution in [-0.4, -0.2) is 42.7 Å². The highest BCUT2D eigenvalue weighted by atomic mass is 32.2. The molecule has 2 aromatic rings. The lowest BCUT2D eigenvalue weighted by atomic mass is 10.2. The van der Waals surface area contributed by atoms with E-state index in [0.29, 0.717) is 24.4 Å². The predicted octanol–water partition coefficient (Wildman–Crippen LogP) is 2.13. The Morgan fingerprint density at radius 3 is 2.79 bits per heavy atom. The van der Waals surface area contributed by atoms with Gasteiger partial charge in [0.2, 0.25) is 15.9 Å². The lowest BCUT2D eigenvalue weighted by Gasteiger charge is -2.17. The summed E-state index contributed by atoms with van der Waals surface area (Å²) in [5.74, 6) is 0.324. The lowest BCUT2D eigenvalue weighted by Crippen LogP contribution is -2.31. The number of carbonyl (C=O) groups excluding carboxylic acids is 1. The van der Waals surface area contributed by atoms with Crippen molar-refractivity contribution in [2.24, 2.45) is 0 Å². The molecule has 24 heavy (non-hydrogen) atoms. The van der Waals surface area contributed by atoms with Crippen LogP contribution in [0.15, 0.2) is 53.6 Å². The molecule has 1 aromatic carbocycles. The van der Waals surface area contributed by atoms with Crippen LogP contribution < -0.4 is 4.74 Å². The van der Waals surface area contributed by atoms with Crippen molar-refractivity contribution in [3.8, 4) is 5.88 Å². The molecule has 1 aromatic heterocycles. The van der Waals surface area contributed by atoms with Crippen LogP contribution in [0.3, 0.4) is 0 Å². The smallest absolute Gasteiger partial charge is 0.243 e. The van der Waals surface area contributed by atoms with E-state index in [1.165, 1.54) is 23.4 Å². The number of Topliss-reactive ketones (excluding diaryl/α,β-unsaturated/α-hetero) is 1. The molecule has 1 atom stereocenters. The Bertz CT molecular complexity index is 837. The van der Waals surface area contributed by atoms with E-state index in [0.717, 1.165) is 0 Å². The minimum absolute atomic E-state index is 0.133. The third-order valence-corrected chi connectivity index (χ3v) is 5.77. The second-order valence-corrected chi connectivity index (χ2v) is 7.58. The van der Waals surface area contributed by atoms with Crippen LogP contribution in [0, 0.1) is 0 Å². The van der Waals surface area contributed by atoms with Crippen molar-refractivity contribution < 1.29 is 17.9 Å². The van der Waals surface area contributed by atoms with Crippen LogP contribution in [-0.2, 0) is 10.0 Å². The summed E-state index contributed by atoms with van der Waals surface area (Å²) in [5.41, 5.74) is 0.386. The van der Waals surface area contributed by atoms with Gasteiger partial charge in [-0.25, -0.2) is 13.4 Å². The second kappa shape index (κ2) is 6.70. The quantitative estimate of drug-likeness (QED) is 0.775. The van der Waals surface area contributed by atoms with E-state index >= 15 is 0 Å². The number of ether oxygens (including phenoxy) is 1. The van der Waals surface area contributed by atoms with Gasteiger partial charge in [-0.05, 0) is 31.5 Å². The molecule has 3 rings (SSSR count). The first-order valence-corrected chi connectivity index (χ1v) is 9.09. The van der Waals surface area contributed by atoms with Crippen LogP contribution >= 0.6 is 0 Å². The van der Waals surface area contributed by atoms with E-state index in [9.17, 15) is 13.2 Å². The monoisotopic (exact) mass is 346 g/mol. The molecule has 0 amide bonds. The van der Waals surface area contributed by atoms with Gasteiger partial charge in [0, 0.05) is 24.4 Å². The van der Waals surface area contributed by atoms with Crippen LogP contribution in [0.1, 0.15) is 23.7 Å². The van der Waals surface area contributed by atoms with Crippen molar-refractivity contribution in [3.63, 3.8) is 0 Å². The number of hydrogen-bond donors (Lipinski definition) is 0. The standard InChI is InChI=1S/C17H18N2O4S/c1-13(20)14-5-4-6-16(11-14)24(21,22)19-10-8-15(12-19)23-17-7-2-3-9-18-17/h2-7,9,11,15H,8,10,12H2,1H3. The molecule has 7 heteroatoms. The third kappa shape index (κ3) is 3.47. The minimum atomic E-state index is -3.64. The number of benzene rings is 1. The van der Waals surface area contributed by atoms with Gasteiger partial charge in [-0.15, -0.1) is 0 Å². The molecule has 2 heterocycles. The average molecular weight is 346 g/mol. The molecule has 0 saturated carbocycles. The summed E-state index contributed by atoms with van der Waals surface area (Å²) in [5, 5.41) is 0. The zero-order valence-corrected chi connectivity index (χ0v) is 14.1. The molecule has 1 unspecified atom stereocenters. The van der Waals surface area contributed by atoms with Crippen LogP contribution in [0.4, 0.5) is 0 Å². The summed E-state index contributed by atoms with van der Waals surface area (Å²) < 4.78 is 32.6. The van der Waals surface area contributed by atoms with Gasteiger partial charge in [0.1, 0.15) is 6.10 Å². The van der Waals surface area contributed by atoms with Gasteiger partial charge in [-0.2, -0.15) is 4.31 Å². The fourth-order valence-corrected chi connectivity index (χ4v) is 4.16. The molecule has 126 valence electrons. The molecule has 0 aliphatic carbocycles. The molecular formula is C17H18N2O4S. The molecule has 6 nitrogen and oxygen atoms in total. The van der Waals surface area contributed by atoms with Crippen LogP contribution in [0.2, 0.25) is 0 Å². The molecule has 0 N–H and O–H groups in total. The highest BCUT2D eigenvalue weighted by Crippen LogP contribution is 2.24. The van der Waals surface area contributed by atoms with Gasteiger partial charge in [0.15, 0.2) is 5.78 Å². The number of pyridine rings is 1. The van der Waals surface area contributed by atoms with Crippen molar-refractivity contribution in [2.45, 2.75) is 24.3 Å². The Labute approximate surface area is 141 Å². The maximum atomic E-state index is 12.8. The highest BCUT2D eigenvalue weighted by Gasteiger charge is 2.34. The summed E-state index contributed by atoms with van der Waals surface area (Å²) in [6, 6.07) is 11.5. The molecule has 1 aliphatic heterocycles. The van der Waals surface area contributed by atoms with Crippen molar-refractivity contribution in [1.82, 2.24) is 9.29 Å². The number of carbonyl (C=O) groups is 1. The number of aromatic nitrogens is 1. The fourth-order valence-electron chi connectivity index (χ4n) is 2.62. The van der Waals surface area contributed by atoms with E-state index in [2.05, 4.69) is 4.98 Å². The maximum absolute atomic E-state index is 12.8. The molecular weight excluding hydrogens is 328 g/mol. The van der Waals surface area contributed by atoms with Gasteiger partial charge in [-0.3, -0.25) is 4.79 Å². The predicted molar refractivity (Wildman–Crippen MR) is 88.5 cm³/mol. The number of nitrogens with zero attached hydrogens (tertiary/aromatic N) is 2. The van der Waals surface area contributed by atoms with Gasteiger partial charge in [0.25, 0.3) is 0 Å². The summed E-state index contributed by atoms with van der Waals surface area (Å²) in [6.45, 7) is 2.06. The van der Waals surface area contributed by atoms with Crippen molar-refractivity contribution in [3.05, 3.63) is 54.2 Å². The molecule has 1 saturated heterocycles. The average Bonchev–Trinajstić information content (AvgIpc) is 3.05. The first-order chi connectivity index (χ1) is 11.5. The summed E-state index contributed by atoms with van der Waals surface area (Å²) in [4.78, 5) is 15.7. The first kappa shape index (κ1) is 16.6. The Morgan fingerprint density at radius 2 is 2.08 bits per heavy atom. The number of rotatable bonds is 5. The summed E-state index contributed by atoms with van der Waals surface area (Å²) >= 11 is 0. The fraction of sp³-hybridized carbons (Fsp3) is 0.294. The normalized spacial score (nSPS) is 18.5. The van der Waals surface area contributed by atoms with Crippen molar-refractivity contribution >= 4 is 15.8 Å². The molecule has 1 aliphatic rings. The molecule has 0 spiro atoms. The highest BCUT2D eigenvalue weighted by molar-refractivity contribution is 7.89. The molecule has 0 bridgehead atoms. The third-order valence-electron chi connectivity index (χ3n) is 3.91. The number of ketones is 1. The largest absolute Gasteiger partial charge is 0.473 e. The second-order valence-electron chi connectivity index (χ2n) is 5.64. The van der Waals surface area contributed by atoms with E-state index in [4.69, 9.17) is 4.74 Å². The van der Waals surface area contributed by atoms with E-state index in [1.54, 1.807) is 30.5 Å². The first-order valence-electron chi connectivity index (χ1n) is 7.65. The Kier molecular flexibility index (Phi) is 4.64. The van der Waals surface area contributed by atoms with Crippen molar-refractivity contribution in [2.75, 3.05) is 13.1 Å². The number of sulfonamides is 1. The van der Waals surface area contributed by atoms with Crippen LogP contribution in [0.5, 0.6) is 5.88 Å². The van der Waals surface area contributed by atoms with E-state index in [-0.39, 0.29) is 23.3 Å².